The first-order chi connectivity index (χ1) is 16.1. The van der Waals surface area contributed by atoms with Gasteiger partial charge in [0.2, 0.25) is 5.95 Å². The molecule has 33 heavy (non-hydrogen) atoms. The van der Waals surface area contributed by atoms with Crippen LogP contribution in [0.5, 0.6) is 11.5 Å². The molecule has 0 bridgehead atoms. The second kappa shape index (κ2) is 7.93. The highest BCUT2D eigenvalue weighted by Gasteiger charge is 2.41. The highest BCUT2D eigenvalue weighted by Crippen LogP contribution is 2.51. The third kappa shape index (κ3) is 3.31. The Labute approximate surface area is 204 Å². The highest BCUT2D eigenvalue weighted by molar-refractivity contribution is 9.10. The van der Waals surface area contributed by atoms with Crippen LogP contribution in [-0.4, -0.2) is 21.9 Å². The summed E-state index contributed by atoms with van der Waals surface area (Å²) in [6.45, 7) is 0. The van der Waals surface area contributed by atoms with Gasteiger partial charge in [-0.1, -0.05) is 41.9 Å². The van der Waals surface area contributed by atoms with Gasteiger partial charge in [-0.15, -0.1) is 0 Å². The van der Waals surface area contributed by atoms with E-state index in [2.05, 4.69) is 49.5 Å². The molecule has 6 rings (SSSR count). The summed E-state index contributed by atoms with van der Waals surface area (Å²) < 4.78 is 14.8. The fourth-order valence-corrected chi connectivity index (χ4v) is 5.19. The van der Waals surface area contributed by atoms with Crippen LogP contribution >= 0.6 is 27.5 Å². The van der Waals surface area contributed by atoms with Crippen molar-refractivity contribution < 1.29 is 9.47 Å². The molecule has 2 atom stereocenters. The Morgan fingerprint density at radius 2 is 1.85 bits per heavy atom. The summed E-state index contributed by atoms with van der Waals surface area (Å²) in [6, 6.07) is 21.6. The number of para-hydroxylation sites is 1. The molecule has 2 aliphatic rings. The van der Waals surface area contributed by atoms with Gasteiger partial charge in [0, 0.05) is 16.2 Å². The second-order valence-electron chi connectivity index (χ2n) is 7.83. The van der Waals surface area contributed by atoms with Crippen molar-refractivity contribution in [2.75, 3.05) is 12.4 Å². The smallest absolute Gasteiger partial charge is 0.226 e. The Bertz CT molecular complexity index is 1400. The number of hydrogen-bond acceptors (Lipinski definition) is 5. The van der Waals surface area contributed by atoms with Crippen LogP contribution in [0.25, 0.3) is 5.70 Å². The molecule has 8 heteroatoms. The number of ether oxygens (including phenoxy) is 2. The summed E-state index contributed by atoms with van der Waals surface area (Å²) in [4.78, 5) is 4.47. The maximum Gasteiger partial charge on any atom is 0.226 e. The van der Waals surface area contributed by atoms with Gasteiger partial charge in [0.1, 0.15) is 30.0 Å². The Balaban J connectivity index is 1.61. The van der Waals surface area contributed by atoms with Crippen molar-refractivity contribution in [3.63, 3.8) is 0 Å². The van der Waals surface area contributed by atoms with Gasteiger partial charge in [0.15, 0.2) is 0 Å². The lowest BCUT2D eigenvalue weighted by Crippen LogP contribution is -2.32. The fraction of sp³-hybridized carbons (Fsp3) is 0.120. The molecule has 0 radical (unpaired) electrons. The van der Waals surface area contributed by atoms with Crippen LogP contribution in [-0.2, 0) is 0 Å². The number of hydrogen-bond donors (Lipinski definition) is 1. The molecule has 0 saturated heterocycles. The van der Waals surface area contributed by atoms with Crippen LogP contribution in [0.4, 0.5) is 5.95 Å². The minimum Gasteiger partial charge on any atom is -0.496 e. The molecule has 0 spiro atoms. The monoisotopic (exact) mass is 520 g/mol. The van der Waals surface area contributed by atoms with Crippen molar-refractivity contribution in [3.8, 4) is 11.5 Å². The van der Waals surface area contributed by atoms with E-state index in [9.17, 15) is 0 Å². The van der Waals surface area contributed by atoms with Crippen LogP contribution < -0.4 is 14.8 Å². The van der Waals surface area contributed by atoms with Crippen LogP contribution in [0.3, 0.4) is 0 Å². The molecule has 164 valence electrons. The van der Waals surface area contributed by atoms with E-state index in [-0.39, 0.29) is 12.1 Å². The van der Waals surface area contributed by atoms with Gasteiger partial charge in [-0.25, -0.2) is 4.68 Å². The zero-order valence-corrected chi connectivity index (χ0v) is 19.8. The van der Waals surface area contributed by atoms with Crippen molar-refractivity contribution in [3.05, 3.63) is 105 Å². The Kier molecular flexibility index (Phi) is 4.89. The van der Waals surface area contributed by atoms with Gasteiger partial charge in [-0.2, -0.15) is 10.1 Å². The number of aromatic nitrogens is 3. The molecule has 3 aromatic carbocycles. The SMILES string of the molecule is COc1ccc([C@H]2C3=C(Nc4ncnn42)c2ccccc2O[C@@H]3c2ccc(Cl)cc2)cc1Br. The lowest BCUT2D eigenvalue weighted by molar-refractivity contribution is 0.223. The number of benzene rings is 3. The molecule has 4 aromatic rings. The molecule has 0 saturated carbocycles. The standard InChI is InChI=1S/C25H18BrClN4O2/c1-32-20-11-8-15(12-18(20)26)23-21-22(30-25-28-13-29-31(23)25)17-4-2-3-5-19(17)33-24(21)14-6-9-16(27)10-7-14/h2-13,23-24H,1H3,(H,28,29,30)/t23-,24+/m0/s1. The molecule has 0 fully saturated rings. The number of rotatable bonds is 3. The maximum absolute atomic E-state index is 6.61. The third-order valence-electron chi connectivity index (χ3n) is 5.99. The Morgan fingerprint density at radius 1 is 1.06 bits per heavy atom. The molecular weight excluding hydrogens is 504 g/mol. The number of methoxy groups -OCH3 is 1. The number of nitrogens with one attached hydrogen (secondary N) is 1. The van der Waals surface area contributed by atoms with Gasteiger partial charge in [-0.05, 0) is 63.5 Å². The van der Waals surface area contributed by atoms with E-state index in [1.165, 1.54) is 0 Å². The minimum atomic E-state index is -0.345. The predicted octanol–water partition coefficient (Wildman–Crippen LogP) is 6.26. The van der Waals surface area contributed by atoms with E-state index in [0.717, 1.165) is 43.9 Å². The summed E-state index contributed by atoms with van der Waals surface area (Å²) in [5.74, 6) is 2.25. The van der Waals surface area contributed by atoms with Gasteiger partial charge in [-0.3, -0.25) is 0 Å². The average Bonchev–Trinajstić information content (AvgIpc) is 3.31. The number of fused-ring (bicyclic) bond motifs is 3. The Morgan fingerprint density at radius 3 is 2.64 bits per heavy atom. The van der Waals surface area contributed by atoms with Gasteiger partial charge in [0.05, 0.1) is 17.3 Å². The first-order valence-electron chi connectivity index (χ1n) is 10.4. The van der Waals surface area contributed by atoms with E-state index in [4.69, 9.17) is 21.1 Å². The summed E-state index contributed by atoms with van der Waals surface area (Å²) in [6.07, 6.45) is 1.22. The van der Waals surface area contributed by atoms with E-state index in [1.54, 1.807) is 13.4 Å². The van der Waals surface area contributed by atoms with Crippen LogP contribution in [0.15, 0.2) is 83.1 Å². The summed E-state index contributed by atoms with van der Waals surface area (Å²) in [5, 5.41) is 8.75. The van der Waals surface area contributed by atoms with Crippen molar-refractivity contribution in [2.24, 2.45) is 0 Å². The summed E-state index contributed by atoms with van der Waals surface area (Å²) in [5.41, 5.74) is 5.06. The quantitative estimate of drug-likeness (QED) is 0.345. The average molecular weight is 522 g/mol. The van der Waals surface area contributed by atoms with Gasteiger partial charge < -0.3 is 14.8 Å². The molecule has 2 aliphatic heterocycles. The zero-order valence-electron chi connectivity index (χ0n) is 17.5. The highest BCUT2D eigenvalue weighted by atomic mass is 79.9. The molecule has 3 heterocycles. The molecule has 0 aliphatic carbocycles. The summed E-state index contributed by atoms with van der Waals surface area (Å²) in [7, 11) is 1.66. The molecule has 0 amide bonds. The molecule has 6 nitrogen and oxygen atoms in total. The fourth-order valence-electron chi connectivity index (χ4n) is 4.50. The Hall–Kier alpha value is -3.29. The normalized spacial score (nSPS) is 18.5. The van der Waals surface area contributed by atoms with Crippen molar-refractivity contribution in [2.45, 2.75) is 12.1 Å². The van der Waals surface area contributed by atoms with Gasteiger partial charge >= 0.3 is 0 Å². The topological polar surface area (TPSA) is 61.2 Å². The number of halogens is 2. The lowest BCUT2D eigenvalue weighted by Gasteiger charge is -2.39. The molecule has 0 unspecified atom stereocenters. The van der Waals surface area contributed by atoms with Crippen molar-refractivity contribution >= 4 is 39.2 Å². The number of anilines is 1. The van der Waals surface area contributed by atoms with E-state index < -0.39 is 0 Å². The molecule has 1 aromatic heterocycles. The predicted molar refractivity (Wildman–Crippen MR) is 131 cm³/mol. The van der Waals surface area contributed by atoms with Gasteiger partial charge in [0.25, 0.3) is 0 Å². The lowest BCUT2D eigenvalue weighted by atomic mass is 9.84. The van der Waals surface area contributed by atoms with Crippen LogP contribution in [0.1, 0.15) is 28.8 Å². The first kappa shape index (κ1) is 20.3. The van der Waals surface area contributed by atoms with Crippen LogP contribution in [0.2, 0.25) is 5.02 Å². The first-order valence-corrected chi connectivity index (χ1v) is 11.6. The molecular formula is C25H18BrClN4O2. The maximum atomic E-state index is 6.61. The van der Waals surface area contributed by atoms with Crippen molar-refractivity contribution in [1.29, 1.82) is 0 Å². The summed E-state index contributed by atoms with van der Waals surface area (Å²) >= 11 is 9.83. The number of nitrogens with zero attached hydrogens (tertiary/aromatic N) is 3. The van der Waals surface area contributed by atoms with Crippen molar-refractivity contribution in [1.82, 2.24) is 14.8 Å². The van der Waals surface area contributed by atoms with E-state index in [1.807, 2.05) is 53.2 Å². The third-order valence-corrected chi connectivity index (χ3v) is 6.86. The van der Waals surface area contributed by atoms with E-state index in [0.29, 0.717) is 11.0 Å². The largest absolute Gasteiger partial charge is 0.496 e. The molecule has 1 N–H and O–H groups in total. The van der Waals surface area contributed by atoms with E-state index >= 15 is 0 Å². The second-order valence-corrected chi connectivity index (χ2v) is 9.12. The zero-order chi connectivity index (χ0) is 22.5. The van der Waals surface area contributed by atoms with Crippen LogP contribution in [0, 0.1) is 0 Å². The minimum absolute atomic E-state index is 0.241.